The van der Waals surface area contributed by atoms with Gasteiger partial charge in [-0.25, -0.2) is 4.79 Å². The number of carboxylic acids is 2. The molecule has 2 N–H and O–H groups in total. The predicted molar refractivity (Wildman–Crippen MR) is 49.7 cm³/mol. The molecule has 4 heteroatoms. The Morgan fingerprint density at radius 3 is 2.50 bits per heavy atom. The summed E-state index contributed by atoms with van der Waals surface area (Å²) in [6.07, 6.45) is 5.67. The molecule has 1 aliphatic carbocycles. The summed E-state index contributed by atoms with van der Waals surface area (Å²) in [6.45, 7) is 1.68. The quantitative estimate of drug-likeness (QED) is 0.692. The Bertz CT molecular complexity index is 360. The van der Waals surface area contributed by atoms with Crippen molar-refractivity contribution in [1.29, 1.82) is 0 Å². The summed E-state index contributed by atoms with van der Waals surface area (Å²) in [5.74, 6) is -2.76. The summed E-state index contributed by atoms with van der Waals surface area (Å²) in [7, 11) is 0. The molecule has 74 valence electrons. The van der Waals surface area contributed by atoms with Crippen molar-refractivity contribution in [2.24, 2.45) is 5.92 Å². The zero-order valence-electron chi connectivity index (χ0n) is 7.60. The van der Waals surface area contributed by atoms with E-state index in [1.807, 2.05) is 0 Å². The summed E-state index contributed by atoms with van der Waals surface area (Å²) in [5.41, 5.74) is 0.605. The molecule has 0 aliphatic heterocycles. The third-order valence-electron chi connectivity index (χ3n) is 2.00. The maximum atomic E-state index is 10.7. The fourth-order valence-corrected chi connectivity index (χ4v) is 1.25. The summed E-state index contributed by atoms with van der Waals surface area (Å²) in [4.78, 5) is 21.3. The minimum atomic E-state index is -1.05. The van der Waals surface area contributed by atoms with E-state index in [4.69, 9.17) is 10.2 Å². The van der Waals surface area contributed by atoms with Crippen molar-refractivity contribution in [3.8, 4) is 0 Å². The van der Waals surface area contributed by atoms with E-state index in [2.05, 4.69) is 0 Å². The minimum Gasteiger partial charge on any atom is -0.481 e. The number of hydrogen-bond donors (Lipinski definition) is 2. The molecule has 1 rings (SSSR count). The van der Waals surface area contributed by atoms with Crippen LogP contribution in [0.5, 0.6) is 0 Å². The lowest BCUT2D eigenvalue weighted by molar-refractivity contribution is -0.139. The van der Waals surface area contributed by atoms with Gasteiger partial charge in [-0.15, -0.1) is 0 Å². The number of aliphatic carboxylic acids is 2. The van der Waals surface area contributed by atoms with Crippen molar-refractivity contribution >= 4 is 11.9 Å². The van der Waals surface area contributed by atoms with Crippen LogP contribution in [0, 0.1) is 5.92 Å². The largest absolute Gasteiger partial charge is 0.481 e. The maximum absolute atomic E-state index is 10.7. The highest BCUT2D eigenvalue weighted by atomic mass is 16.4. The summed E-state index contributed by atoms with van der Waals surface area (Å²) in [6, 6.07) is 0. The van der Waals surface area contributed by atoms with Gasteiger partial charge in [0.1, 0.15) is 0 Å². The van der Waals surface area contributed by atoms with Gasteiger partial charge in [-0.05, 0) is 18.6 Å². The van der Waals surface area contributed by atoms with Gasteiger partial charge in [0, 0.05) is 0 Å². The van der Waals surface area contributed by atoms with Crippen LogP contribution in [0.3, 0.4) is 0 Å². The van der Waals surface area contributed by atoms with Crippen LogP contribution in [0.15, 0.2) is 35.5 Å². The molecule has 1 aliphatic rings. The van der Waals surface area contributed by atoms with E-state index >= 15 is 0 Å². The second kappa shape index (κ2) is 3.91. The van der Waals surface area contributed by atoms with Gasteiger partial charge in [0.2, 0.25) is 0 Å². The fraction of sp³-hybridized carbons (Fsp3) is 0.200. The predicted octanol–water partition coefficient (Wildman–Crippen LogP) is 1.21. The van der Waals surface area contributed by atoms with Crippen LogP contribution in [0.1, 0.15) is 6.92 Å². The van der Waals surface area contributed by atoms with Gasteiger partial charge < -0.3 is 10.2 Å². The summed E-state index contributed by atoms with van der Waals surface area (Å²) >= 11 is 0. The molecule has 1 atom stereocenters. The van der Waals surface area contributed by atoms with Crippen LogP contribution in [-0.2, 0) is 9.59 Å². The number of rotatable bonds is 2. The molecule has 1 unspecified atom stereocenters. The molecule has 0 fully saturated rings. The second-order valence-electron chi connectivity index (χ2n) is 2.87. The van der Waals surface area contributed by atoms with Crippen molar-refractivity contribution in [3.63, 3.8) is 0 Å². The minimum absolute atomic E-state index is 0.107. The molecule has 0 heterocycles. The lowest BCUT2D eigenvalue weighted by Crippen LogP contribution is -2.16. The molecule has 0 saturated carbocycles. The number of carboxylic acid groups (broad SMARTS) is 2. The number of allylic oxidation sites excluding steroid dienone is 2. The van der Waals surface area contributed by atoms with Crippen LogP contribution in [0.2, 0.25) is 0 Å². The Labute approximate surface area is 80.9 Å². The van der Waals surface area contributed by atoms with Gasteiger partial charge in [0.15, 0.2) is 0 Å². The second-order valence-corrected chi connectivity index (χ2v) is 2.87. The first-order chi connectivity index (χ1) is 6.56. The molecular formula is C10H10O4. The maximum Gasteiger partial charge on any atom is 0.335 e. The molecule has 0 saturated heterocycles. The van der Waals surface area contributed by atoms with E-state index in [0.29, 0.717) is 5.57 Å². The summed E-state index contributed by atoms with van der Waals surface area (Å²) in [5, 5.41) is 17.5. The molecule has 0 bridgehead atoms. The number of carbonyl (C=O) groups is 2. The molecule has 0 spiro atoms. The van der Waals surface area contributed by atoms with Crippen molar-refractivity contribution in [2.75, 3.05) is 0 Å². The van der Waals surface area contributed by atoms with E-state index in [1.165, 1.54) is 18.2 Å². The third kappa shape index (κ3) is 1.90. The molecule has 0 amide bonds. The van der Waals surface area contributed by atoms with E-state index in [1.54, 1.807) is 13.0 Å². The zero-order valence-corrected chi connectivity index (χ0v) is 7.60. The lowest BCUT2D eigenvalue weighted by Gasteiger charge is -2.13. The first-order valence-electron chi connectivity index (χ1n) is 4.08. The van der Waals surface area contributed by atoms with Crippen LogP contribution >= 0.6 is 0 Å². The summed E-state index contributed by atoms with van der Waals surface area (Å²) < 4.78 is 0. The molecular weight excluding hydrogens is 184 g/mol. The van der Waals surface area contributed by atoms with E-state index < -0.39 is 17.9 Å². The SMILES string of the molecule is CC=C1C=C(C(=O)O)C=CC1C(=O)O. The van der Waals surface area contributed by atoms with E-state index in [0.717, 1.165) is 0 Å². The monoisotopic (exact) mass is 194 g/mol. The fourth-order valence-electron chi connectivity index (χ4n) is 1.25. The molecule has 14 heavy (non-hydrogen) atoms. The van der Waals surface area contributed by atoms with Gasteiger partial charge in [-0.1, -0.05) is 18.2 Å². The van der Waals surface area contributed by atoms with Crippen LogP contribution in [-0.4, -0.2) is 22.2 Å². The highest BCUT2D eigenvalue weighted by Gasteiger charge is 2.22. The normalized spacial score (nSPS) is 23.4. The van der Waals surface area contributed by atoms with Crippen LogP contribution in [0.4, 0.5) is 0 Å². The van der Waals surface area contributed by atoms with Gasteiger partial charge in [0.25, 0.3) is 0 Å². The van der Waals surface area contributed by atoms with Crippen molar-refractivity contribution in [2.45, 2.75) is 6.92 Å². The Morgan fingerprint density at radius 1 is 1.43 bits per heavy atom. The molecule has 4 nitrogen and oxygen atoms in total. The Morgan fingerprint density at radius 2 is 2.07 bits per heavy atom. The van der Waals surface area contributed by atoms with Crippen molar-refractivity contribution in [1.82, 2.24) is 0 Å². The highest BCUT2D eigenvalue weighted by molar-refractivity contribution is 5.92. The van der Waals surface area contributed by atoms with Gasteiger partial charge in [-0.2, -0.15) is 0 Å². The molecule has 0 aromatic carbocycles. The average molecular weight is 194 g/mol. The topological polar surface area (TPSA) is 74.6 Å². The van der Waals surface area contributed by atoms with Crippen molar-refractivity contribution < 1.29 is 19.8 Å². The molecule has 0 aromatic heterocycles. The first-order valence-corrected chi connectivity index (χ1v) is 4.08. The lowest BCUT2D eigenvalue weighted by atomic mass is 9.91. The van der Waals surface area contributed by atoms with Gasteiger partial charge in [-0.3, -0.25) is 4.79 Å². The smallest absolute Gasteiger partial charge is 0.335 e. The number of hydrogen-bond acceptors (Lipinski definition) is 2. The Balaban J connectivity index is 3.03. The Hall–Kier alpha value is -1.84. The van der Waals surface area contributed by atoms with Gasteiger partial charge >= 0.3 is 11.9 Å². The molecule has 0 aromatic rings. The average Bonchev–Trinajstić information content (AvgIpc) is 2.16. The highest BCUT2D eigenvalue weighted by Crippen LogP contribution is 2.22. The van der Waals surface area contributed by atoms with E-state index in [9.17, 15) is 9.59 Å². The van der Waals surface area contributed by atoms with Crippen LogP contribution in [0.25, 0.3) is 0 Å². The van der Waals surface area contributed by atoms with Crippen LogP contribution < -0.4 is 0 Å². The zero-order chi connectivity index (χ0) is 10.7. The van der Waals surface area contributed by atoms with Crippen molar-refractivity contribution in [3.05, 3.63) is 35.5 Å². The standard InChI is InChI=1S/C10H10O4/c1-2-6-5-7(9(11)12)3-4-8(6)10(13)14/h2-5,8H,1H3,(H,11,12)(H,13,14). The van der Waals surface area contributed by atoms with Gasteiger partial charge in [0.05, 0.1) is 11.5 Å². The third-order valence-corrected chi connectivity index (χ3v) is 2.00. The van der Waals surface area contributed by atoms with E-state index in [-0.39, 0.29) is 5.57 Å². The first kappa shape index (κ1) is 10.2. The Kier molecular flexibility index (Phi) is 2.86. The molecule has 0 radical (unpaired) electrons.